The maximum atomic E-state index is 11.9. The van der Waals surface area contributed by atoms with Gasteiger partial charge in [0, 0.05) is 19.5 Å². The van der Waals surface area contributed by atoms with Gasteiger partial charge in [-0.05, 0) is 24.3 Å². The third-order valence-electron chi connectivity index (χ3n) is 3.86. The molecule has 0 saturated heterocycles. The molecule has 0 aliphatic heterocycles. The number of carbonyl (C=O) groups excluding carboxylic acids is 3. The van der Waals surface area contributed by atoms with Crippen LogP contribution in [0.1, 0.15) is 25.2 Å². The van der Waals surface area contributed by atoms with Crippen LogP contribution < -0.4 is 5.32 Å². The van der Waals surface area contributed by atoms with Crippen LogP contribution in [0.25, 0.3) is 10.7 Å². The monoisotopic (exact) mass is 392 g/mol. The van der Waals surface area contributed by atoms with E-state index in [0.29, 0.717) is 11.7 Å². The van der Waals surface area contributed by atoms with Gasteiger partial charge in [0.2, 0.25) is 17.6 Å². The number of amides is 2. The fourth-order valence-corrected chi connectivity index (χ4v) is 2.85. The zero-order valence-electron chi connectivity index (χ0n) is 14.8. The Morgan fingerprint density at radius 2 is 2.22 bits per heavy atom. The van der Waals surface area contributed by atoms with Gasteiger partial charge in [-0.25, -0.2) is 0 Å². The number of esters is 1. The highest BCUT2D eigenvalue weighted by atomic mass is 32.1. The van der Waals surface area contributed by atoms with E-state index in [0.717, 1.165) is 17.7 Å². The molecule has 2 amide bonds. The summed E-state index contributed by atoms with van der Waals surface area (Å²) in [6.07, 6.45) is 2.21. The van der Waals surface area contributed by atoms with Crippen LogP contribution in [0, 0.1) is 0 Å². The van der Waals surface area contributed by atoms with E-state index in [2.05, 4.69) is 15.5 Å². The number of rotatable bonds is 9. The molecule has 0 unspecified atom stereocenters. The van der Waals surface area contributed by atoms with Gasteiger partial charge in [0.05, 0.1) is 17.8 Å². The number of ether oxygens (including phenoxy) is 1. The number of aryl methyl sites for hydroxylation is 1. The van der Waals surface area contributed by atoms with Gasteiger partial charge in [-0.3, -0.25) is 14.4 Å². The fourth-order valence-electron chi connectivity index (χ4n) is 2.20. The molecule has 2 heterocycles. The van der Waals surface area contributed by atoms with Crippen LogP contribution >= 0.6 is 11.3 Å². The Bertz CT molecular complexity index is 800. The molecule has 27 heavy (non-hydrogen) atoms. The number of aromatic nitrogens is 2. The van der Waals surface area contributed by atoms with Gasteiger partial charge in [0.15, 0.2) is 6.61 Å². The van der Waals surface area contributed by atoms with Crippen molar-refractivity contribution in [3.8, 4) is 10.7 Å². The summed E-state index contributed by atoms with van der Waals surface area (Å²) >= 11 is 1.49. The van der Waals surface area contributed by atoms with Gasteiger partial charge in [-0.1, -0.05) is 11.2 Å². The average Bonchev–Trinajstić information content (AvgIpc) is 3.13. The topological polar surface area (TPSA) is 115 Å². The third kappa shape index (κ3) is 5.88. The van der Waals surface area contributed by atoms with Crippen LogP contribution in [0.4, 0.5) is 0 Å². The molecule has 1 aliphatic carbocycles. The van der Waals surface area contributed by atoms with Crippen LogP contribution in [0.5, 0.6) is 0 Å². The van der Waals surface area contributed by atoms with Crippen molar-refractivity contribution in [1.29, 1.82) is 0 Å². The number of thiophene rings is 1. The molecule has 3 rings (SSSR count). The van der Waals surface area contributed by atoms with Crippen LogP contribution in [0.2, 0.25) is 0 Å². The van der Waals surface area contributed by atoms with Gasteiger partial charge in [-0.2, -0.15) is 4.98 Å². The Kier molecular flexibility index (Phi) is 6.17. The number of likely N-dealkylation sites (N-methyl/N-ethyl adjacent to an activating group) is 1. The second-order valence-electron chi connectivity index (χ2n) is 6.24. The van der Waals surface area contributed by atoms with Gasteiger partial charge < -0.3 is 19.5 Å². The highest BCUT2D eigenvalue weighted by molar-refractivity contribution is 7.13. The van der Waals surface area contributed by atoms with E-state index in [9.17, 15) is 14.4 Å². The zero-order valence-corrected chi connectivity index (χ0v) is 15.7. The molecular weight excluding hydrogens is 372 g/mol. The molecule has 144 valence electrons. The normalized spacial score (nSPS) is 13.2. The van der Waals surface area contributed by atoms with Crippen LogP contribution in [-0.4, -0.2) is 59.1 Å². The van der Waals surface area contributed by atoms with Crippen LogP contribution in [0.3, 0.4) is 0 Å². The minimum atomic E-state index is -0.546. The fraction of sp³-hybridized carbons (Fsp3) is 0.471. The van der Waals surface area contributed by atoms with Gasteiger partial charge in [-0.15, -0.1) is 11.3 Å². The smallest absolute Gasteiger partial charge is 0.306 e. The molecule has 0 bridgehead atoms. The highest BCUT2D eigenvalue weighted by Crippen LogP contribution is 2.21. The van der Waals surface area contributed by atoms with E-state index in [1.807, 2.05) is 17.5 Å². The van der Waals surface area contributed by atoms with Crippen molar-refractivity contribution in [2.75, 3.05) is 20.2 Å². The first-order chi connectivity index (χ1) is 13.0. The standard InChI is InChI=1S/C17H20N4O5S/c1-21(9-13(22)18-11-4-5-11)15(23)10-25-16(24)7-6-14-19-17(20-26-14)12-3-2-8-27-12/h2-3,8,11H,4-7,9-10H2,1H3,(H,18,22). The molecule has 1 N–H and O–H groups in total. The lowest BCUT2D eigenvalue weighted by molar-refractivity contribution is -0.152. The van der Waals surface area contributed by atoms with E-state index >= 15 is 0 Å². The molecule has 1 fully saturated rings. The maximum Gasteiger partial charge on any atom is 0.306 e. The van der Waals surface area contributed by atoms with Gasteiger partial charge >= 0.3 is 5.97 Å². The van der Waals surface area contributed by atoms with Gasteiger partial charge in [0.1, 0.15) is 0 Å². The van der Waals surface area contributed by atoms with E-state index < -0.39 is 18.5 Å². The molecule has 2 aromatic rings. The van der Waals surface area contributed by atoms with E-state index in [1.54, 1.807) is 0 Å². The van der Waals surface area contributed by atoms with Crippen molar-refractivity contribution in [1.82, 2.24) is 20.4 Å². The minimum Gasteiger partial charge on any atom is -0.456 e. The predicted octanol–water partition coefficient (Wildman–Crippen LogP) is 1.01. The number of nitrogens with one attached hydrogen (secondary N) is 1. The number of hydrogen-bond acceptors (Lipinski definition) is 8. The van der Waals surface area contributed by atoms with E-state index in [4.69, 9.17) is 9.26 Å². The molecule has 0 aromatic carbocycles. The zero-order chi connectivity index (χ0) is 19.2. The molecule has 9 nitrogen and oxygen atoms in total. The Morgan fingerprint density at radius 1 is 1.41 bits per heavy atom. The van der Waals surface area contributed by atoms with Crippen molar-refractivity contribution < 1.29 is 23.6 Å². The molecular formula is C17H20N4O5S. The summed E-state index contributed by atoms with van der Waals surface area (Å²) in [6, 6.07) is 4.00. The minimum absolute atomic E-state index is 0.0191. The predicted molar refractivity (Wildman–Crippen MR) is 95.7 cm³/mol. The van der Waals surface area contributed by atoms with Crippen LogP contribution in [0.15, 0.2) is 22.0 Å². The molecule has 1 aliphatic rings. The quantitative estimate of drug-likeness (QED) is 0.633. The Labute approximate surface area is 159 Å². The van der Waals surface area contributed by atoms with Crippen LogP contribution in [-0.2, 0) is 25.5 Å². The molecule has 0 spiro atoms. The average molecular weight is 392 g/mol. The van der Waals surface area contributed by atoms with Crippen molar-refractivity contribution >= 4 is 29.1 Å². The lowest BCUT2D eigenvalue weighted by atomic mass is 10.3. The number of hydrogen-bond donors (Lipinski definition) is 1. The molecule has 1 saturated carbocycles. The third-order valence-corrected chi connectivity index (χ3v) is 4.72. The molecule has 10 heteroatoms. The lowest BCUT2D eigenvalue weighted by Crippen LogP contribution is -2.40. The lowest BCUT2D eigenvalue weighted by Gasteiger charge is -2.16. The van der Waals surface area contributed by atoms with Crippen molar-refractivity contribution in [2.45, 2.75) is 31.7 Å². The highest BCUT2D eigenvalue weighted by Gasteiger charge is 2.24. The molecule has 0 atom stereocenters. The second kappa shape index (κ2) is 8.76. The maximum absolute atomic E-state index is 11.9. The Balaban J connectivity index is 1.35. The summed E-state index contributed by atoms with van der Waals surface area (Å²) in [5.74, 6) is -0.384. The molecule has 0 radical (unpaired) electrons. The first-order valence-electron chi connectivity index (χ1n) is 8.56. The summed E-state index contributed by atoms with van der Waals surface area (Å²) in [6.45, 7) is -0.462. The SMILES string of the molecule is CN(CC(=O)NC1CC1)C(=O)COC(=O)CCc1nc(-c2cccs2)no1. The summed E-state index contributed by atoms with van der Waals surface area (Å²) in [4.78, 5) is 41.7. The van der Waals surface area contributed by atoms with Crippen molar-refractivity contribution in [3.05, 3.63) is 23.4 Å². The summed E-state index contributed by atoms with van der Waals surface area (Å²) in [5.41, 5.74) is 0. The van der Waals surface area contributed by atoms with E-state index in [-0.39, 0.29) is 31.3 Å². The second-order valence-corrected chi connectivity index (χ2v) is 7.19. The first-order valence-corrected chi connectivity index (χ1v) is 9.44. The summed E-state index contributed by atoms with van der Waals surface area (Å²) in [5, 5.41) is 8.56. The first kappa shape index (κ1) is 19.0. The largest absolute Gasteiger partial charge is 0.456 e. The molecule has 2 aromatic heterocycles. The van der Waals surface area contributed by atoms with E-state index in [1.165, 1.54) is 23.3 Å². The number of nitrogens with zero attached hydrogens (tertiary/aromatic N) is 3. The Morgan fingerprint density at radius 3 is 2.93 bits per heavy atom. The van der Waals surface area contributed by atoms with Crippen molar-refractivity contribution in [2.24, 2.45) is 0 Å². The summed E-state index contributed by atoms with van der Waals surface area (Å²) < 4.78 is 10.1. The summed E-state index contributed by atoms with van der Waals surface area (Å²) in [7, 11) is 1.49. The Hall–Kier alpha value is -2.75. The van der Waals surface area contributed by atoms with Crippen molar-refractivity contribution in [3.63, 3.8) is 0 Å². The van der Waals surface area contributed by atoms with Gasteiger partial charge in [0.25, 0.3) is 5.91 Å². The number of carbonyl (C=O) groups is 3.